The summed E-state index contributed by atoms with van der Waals surface area (Å²) in [7, 11) is 0. The third-order valence-electron chi connectivity index (χ3n) is 5.26. The Labute approximate surface area is 161 Å². The highest BCUT2D eigenvalue weighted by Crippen LogP contribution is 2.19. The van der Waals surface area contributed by atoms with Gasteiger partial charge in [0.2, 0.25) is 0 Å². The van der Waals surface area contributed by atoms with Gasteiger partial charge in [0.25, 0.3) is 0 Å². The predicted octanol–water partition coefficient (Wildman–Crippen LogP) is 5.55. The van der Waals surface area contributed by atoms with Crippen LogP contribution >= 0.6 is 0 Å². The molecule has 4 nitrogen and oxygen atoms in total. The molecule has 26 heavy (non-hydrogen) atoms. The minimum absolute atomic E-state index is 0.0517. The van der Waals surface area contributed by atoms with Gasteiger partial charge in [-0.1, -0.05) is 90.4 Å². The number of hydrogen-bond acceptors (Lipinski definition) is 4. The van der Waals surface area contributed by atoms with Crippen LogP contribution in [-0.4, -0.2) is 36.0 Å². The van der Waals surface area contributed by atoms with E-state index in [9.17, 15) is 9.90 Å². The minimum atomic E-state index is -1.36. The first-order valence-electron chi connectivity index (χ1n) is 11.1. The standard InChI is InChI=1S/C22H42O4/c1-3-4-5-6-7-8-9-10-11-12-13-14-15-16-17-22(2,24)21(23)26-19-20-18-25-20/h20,24H,3-19H2,1-2H3. The molecule has 1 heterocycles. The summed E-state index contributed by atoms with van der Waals surface area (Å²) in [6, 6.07) is 0. The smallest absolute Gasteiger partial charge is 0.337 e. The van der Waals surface area contributed by atoms with E-state index in [0.29, 0.717) is 13.0 Å². The summed E-state index contributed by atoms with van der Waals surface area (Å²) in [6.07, 6.45) is 18.7. The zero-order valence-electron chi connectivity index (χ0n) is 17.3. The van der Waals surface area contributed by atoms with Gasteiger partial charge in [0.05, 0.1) is 6.61 Å². The molecule has 2 atom stereocenters. The molecule has 0 aromatic heterocycles. The summed E-state index contributed by atoms with van der Waals surface area (Å²) in [4.78, 5) is 11.8. The molecule has 0 saturated carbocycles. The van der Waals surface area contributed by atoms with Crippen molar-refractivity contribution in [1.82, 2.24) is 0 Å². The quantitative estimate of drug-likeness (QED) is 0.195. The maximum Gasteiger partial charge on any atom is 0.337 e. The van der Waals surface area contributed by atoms with E-state index in [-0.39, 0.29) is 12.7 Å². The van der Waals surface area contributed by atoms with Gasteiger partial charge >= 0.3 is 5.97 Å². The maximum absolute atomic E-state index is 11.8. The van der Waals surface area contributed by atoms with Gasteiger partial charge in [-0.3, -0.25) is 0 Å². The van der Waals surface area contributed by atoms with Gasteiger partial charge in [0, 0.05) is 0 Å². The van der Waals surface area contributed by atoms with Crippen LogP contribution in [-0.2, 0) is 14.3 Å². The van der Waals surface area contributed by atoms with Crippen molar-refractivity contribution in [3.8, 4) is 0 Å². The van der Waals surface area contributed by atoms with Gasteiger partial charge in [-0.15, -0.1) is 0 Å². The van der Waals surface area contributed by atoms with Crippen LogP contribution in [0.2, 0.25) is 0 Å². The van der Waals surface area contributed by atoms with Crippen LogP contribution in [0.1, 0.15) is 110 Å². The fourth-order valence-corrected chi connectivity index (χ4v) is 3.25. The molecule has 0 aromatic rings. The second-order valence-electron chi connectivity index (χ2n) is 8.17. The summed E-state index contributed by atoms with van der Waals surface area (Å²) in [5, 5.41) is 10.2. The molecule has 154 valence electrons. The molecule has 0 spiro atoms. The lowest BCUT2D eigenvalue weighted by Crippen LogP contribution is -2.37. The molecule has 1 fully saturated rings. The van der Waals surface area contributed by atoms with Crippen LogP contribution in [0.5, 0.6) is 0 Å². The number of ether oxygens (including phenoxy) is 2. The van der Waals surface area contributed by atoms with Crippen LogP contribution in [0.25, 0.3) is 0 Å². The first kappa shape index (κ1) is 23.4. The zero-order valence-corrected chi connectivity index (χ0v) is 17.3. The molecule has 2 unspecified atom stereocenters. The Morgan fingerprint density at radius 2 is 1.35 bits per heavy atom. The van der Waals surface area contributed by atoms with Gasteiger partial charge in [-0.25, -0.2) is 4.79 Å². The highest BCUT2D eigenvalue weighted by atomic mass is 16.6. The number of hydrogen-bond donors (Lipinski definition) is 1. The van der Waals surface area contributed by atoms with Crippen molar-refractivity contribution in [1.29, 1.82) is 0 Å². The Morgan fingerprint density at radius 3 is 1.77 bits per heavy atom. The van der Waals surface area contributed by atoms with Crippen molar-refractivity contribution < 1.29 is 19.4 Å². The molecule has 1 aliphatic rings. The Bertz CT molecular complexity index is 350. The first-order valence-corrected chi connectivity index (χ1v) is 11.1. The van der Waals surface area contributed by atoms with E-state index in [4.69, 9.17) is 9.47 Å². The molecule has 0 aliphatic carbocycles. The van der Waals surface area contributed by atoms with Crippen molar-refractivity contribution >= 4 is 5.97 Å². The zero-order chi connectivity index (χ0) is 19.1. The Morgan fingerprint density at radius 1 is 0.923 bits per heavy atom. The molecule has 0 bridgehead atoms. The number of carbonyl (C=O) groups is 1. The SMILES string of the molecule is CCCCCCCCCCCCCCCCC(C)(O)C(=O)OCC1CO1. The maximum atomic E-state index is 11.8. The Balaban J connectivity index is 1.82. The lowest BCUT2D eigenvalue weighted by molar-refractivity contribution is -0.164. The van der Waals surface area contributed by atoms with Crippen LogP contribution in [0, 0.1) is 0 Å². The molecule has 0 amide bonds. The van der Waals surface area contributed by atoms with Crippen molar-refractivity contribution in [2.45, 2.75) is 122 Å². The predicted molar refractivity (Wildman–Crippen MR) is 106 cm³/mol. The summed E-state index contributed by atoms with van der Waals surface area (Å²) in [5.74, 6) is -0.511. The van der Waals surface area contributed by atoms with E-state index in [0.717, 1.165) is 12.8 Å². The van der Waals surface area contributed by atoms with E-state index < -0.39 is 11.6 Å². The fourth-order valence-electron chi connectivity index (χ4n) is 3.25. The van der Waals surface area contributed by atoms with E-state index in [1.165, 1.54) is 77.0 Å². The lowest BCUT2D eigenvalue weighted by Gasteiger charge is -2.20. The Kier molecular flexibility index (Phi) is 13.0. The van der Waals surface area contributed by atoms with Gasteiger partial charge < -0.3 is 14.6 Å². The number of esters is 1. The highest BCUT2D eigenvalue weighted by Gasteiger charge is 2.33. The van der Waals surface area contributed by atoms with Crippen molar-refractivity contribution in [3.05, 3.63) is 0 Å². The summed E-state index contributed by atoms with van der Waals surface area (Å²) < 4.78 is 10.1. The summed E-state index contributed by atoms with van der Waals surface area (Å²) >= 11 is 0. The third-order valence-corrected chi connectivity index (χ3v) is 5.26. The molecule has 4 heteroatoms. The number of aliphatic hydroxyl groups is 1. The highest BCUT2D eigenvalue weighted by molar-refractivity contribution is 5.78. The van der Waals surface area contributed by atoms with Gasteiger partial charge in [0.1, 0.15) is 12.7 Å². The van der Waals surface area contributed by atoms with Crippen molar-refractivity contribution in [2.75, 3.05) is 13.2 Å². The van der Waals surface area contributed by atoms with Crippen LogP contribution in [0.3, 0.4) is 0 Å². The topological polar surface area (TPSA) is 59.1 Å². The monoisotopic (exact) mass is 370 g/mol. The average Bonchev–Trinajstić information content (AvgIpc) is 3.44. The fraction of sp³-hybridized carbons (Fsp3) is 0.955. The van der Waals surface area contributed by atoms with Crippen LogP contribution < -0.4 is 0 Å². The van der Waals surface area contributed by atoms with E-state index >= 15 is 0 Å². The molecule has 1 rings (SSSR count). The second kappa shape index (κ2) is 14.4. The first-order chi connectivity index (χ1) is 12.6. The number of rotatable bonds is 18. The van der Waals surface area contributed by atoms with E-state index in [1.54, 1.807) is 6.92 Å². The third kappa shape index (κ3) is 12.7. The van der Waals surface area contributed by atoms with Crippen molar-refractivity contribution in [3.63, 3.8) is 0 Å². The molecule has 1 N–H and O–H groups in total. The molecule has 0 radical (unpaired) electrons. The van der Waals surface area contributed by atoms with Gasteiger partial charge in [-0.05, 0) is 19.8 Å². The molecule has 0 aromatic carbocycles. The summed E-state index contributed by atoms with van der Waals surface area (Å²) in [5.41, 5.74) is -1.36. The molecule has 1 saturated heterocycles. The van der Waals surface area contributed by atoms with Crippen LogP contribution in [0.4, 0.5) is 0 Å². The molecular formula is C22H42O4. The largest absolute Gasteiger partial charge is 0.461 e. The number of unbranched alkanes of at least 4 members (excludes halogenated alkanes) is 13. The van der Waals surface area contributed by atoms with Gasteiger partial charge in [-0.2, -0.15) is 0 Å². The number of carbonyl (C=O) groups excluding carboxylic acids is 1. The molecular weight excluding hydrogens is 328 g/mol. The van der Waals surface area contributed by atoms with Gasteiger partial charge in [0.15, 0.2) is 5.60 Å². The molecule has 1 aliphatic heterocycles. The normalized spacial score (nSPS) is 18.5. The lowest BCUT2D eigenvalue weighted by atomic mass is 9.97. The van der Waals surface area contributed by atoms with Crippen molar-refractivity contribution in [2.24, 2.45) is 0 Å². The van der Waals surface area contributed by atoms with Crippen LogP contribution in [0.15, 0.2) is 0 Å². The number of epoxide rings is 1. The minimum Gasteiger partial charge on any atom is -0.461 e. The average molecular weight is 371 g/mol. The Hall–Kier alpha value is -0.610. The summed E-state index contributed by atoms with van der Waals surface area (Å²) in [6.45, 7) is 4.76. The van der Waals surface area contributed by atoms with E-state index in [1.807, 2.05) is 0 Å². The second-order valence-corrected chi connectivity index (χ2v) is 8.17. The van der Waals surface area contributed by atoms with E-state index in [2.05, 4.69) is 6.92 Å².